The van der Waals surface area contributed by atoms with Crippen molar-refractivity contribution in [3.05, 3.63) is 16.5 Å². The molecule has 7 nitrogen and oxygen atoms in total. The first kappa shape index (κ1) is 20.8. The molecule has 0 radical (unpaired) electrons. The van der Waals surface area contributed by atoms with Crippen molar-refractivity contribution in [3.63, 3.8) is 0 Å². The maximum absolute atomic E-state index is 12.6. The standard InChI is InChI=1S/C20H28N2O5S/c1-3-26-19(24)14-7-9-22(10-8-14)11-16(23)21-18-17(20(25)27-4-2)15(12-28-18)13-5-6-13/h12-14H,3-11H2,1-2H3,(H,21,23)/p+1. The van der Waals surface area contributed by atoms with E-state index in [1.807, 2.05) is 12.3 Å². The van der Waals surface area contributed by atoms with E-state index in [4.69, 9.17) is 9.47 Å². The van der Waals surface area contributed by atoms with Crippen molar-refractivity contribution in [2.24, 2.45) is 5.92 Å². The summed E-state index contributed by atoms with van der Waals surface area (Å²) in [5, 5.41) is 5.48. The second kappa shape index (κ2) is 9.52. The third kappa shape index (κ3) is 5.11. The van der Waals surface area contributed by atoms with E-state index in [1.165, 1.54) is 11.3 Å². The SMILES string of the molecule is CCOC(=O)c1c(C2CC2)csc1NC(=O)C[NH+]1CCC(C(=O)OCC)CC1. The van der Waals surface area contributed by atoms with Gasteiger partial charge < -0.3 is 19.7 Å². The fourth-order valence-corrected chi connectivity index (χ4v) is 4.72. The zero-order valence-electron chi connectivity index (χ0n) is 16.5. The van der Waals surface area contributed by atoms with Gasteiger partial charge in [-0.1, -0.05) is 0 Å². The van der Waals surface area contributed by atoms with E-state index in [1.54, 1.807) is 6.92 Å². The predicted octanol–water partition coefficient (Wildman–Crippen LogP) is 1.60. The molecular formula is C20H29N2O5S+. The van der Waals surface area contributed by atoms with Crippen molar-refractivity contribution < 1.29 is 28.8 Å². The Kier molecular flexibility index (Phi) is 7.07. The Morgan fingerprint density at radius 3 is 2.39 bits per heavy atom. The number of amides is 1. The molecular weight excluding hydrogens is 380 g/mol. The van der Waals surface area contributed by atoms with Gasteiger partial charge >= 0.3 is 11.9 Å². The normalized spacial score (nSPS) is 21.8. The van der Waals surface area contributed by atoms with Gasteiger partial charge in [-0.05, 0) is 43.6 Å². The highest BCUT2D eigenvalue weighted by Gasteiger charge is 2.33. The third-order valence-corrected chi connectivity index (χ3v) is 6.21. The number of hydrogen-bond donors (Lipinski definition) is 2. The smallest absolute Gasteiger partial charge is 0.341 e. The van der Waals surface area contributed by atoms with Crippen LogP contribution in [0.3, 0.4) is 0 Å². The van der Waals surface area contributed by atoms with Crippen LogP contribution in [0.1, 0.15) is 61.4 Å². The summed E-state index contributed by atoms with van der Waals surface area (Å²) in [6.07, 6.45) is 3.63. The Morgan fingerprint density at radius 2 is 1.79 bits per heavy atom. The fraction of sp³-hybridized carbons (Fsp3) is 0.650. The Labute approximate surface area is 169 Å². The highest BCUT2D eigenvalue weighted by atomic mass is 32.1. The second-order valence-electron chi connectivity index (χ2n) is 7.39. The number of hydrogen-bond acceptors (Lipinski definition) is 6. The van der Waals surface area contributed by atoms with Gasteiger partial charge in [-0.15, -0.1) is 11.3 Å². The zero-order chi connectivity index (χ0) is 20.1. The first-order valence-corrected chi connectivity index (χ1v) is 11.0. The number of ether oxygens (including phenoxy) is 2. The Morgan fingerprint density at radius 1 is 1.11 bits per heavy atom. The van der Waals surface area contributed by atoms with E-state index in [0.29, 0.717) is 36.2 Å². The van der Waals surface area contributed by atoms with Crippen molar-refractivity contribution in [1.29, 1.82) is 0 Å². The first-order chi connectivity index (χ1) is 13.5. The van der Waals surface area contributed by atoms with Crippen molar-refractivity contribution >= 4 is 34.2 Å². The maximum atomic E-state index is 12.6. The summed E-state index contributed by atoms with van der Waals surface area (Å²) in [6, 6.07) is 0. The minimum atomic E-state index is -0.358. The number of esters is 2. The monoisotopic (exact) mass is 409 g/mol. The van der Waals surface area contributed by atoms with E-state index in [2.05, 4.69) is 5.32 Å². The number of thiophene rings is 1. The lowest BCUT2D eigenvalue weighted by Crippen LogP contribution is -3.14. The van der Waals surface area contributed by atoms with E-state index < -0.39 is 0 Å². The number of quaternary nitrogens is 1. The fourth-order valence-electron chi connectivity index (χ4n) is 3.67. The molecule has 1 aliphatic heterocycles. The number of piperidine rings is 1. The number of rotatable bonds is 8. The molecule has 3 rings (SSSR count). The van der Waals surface area contributed by atoms with E-state index >= 15 is 0 Å². The van der Waals surface area contributed by atoms with Crippen molar-refractivity contribution in [2.45, 2.75) is 45.4 Å². The van der Waals surface area contributed by atoms with Gasteiger partial charge in [-0.3, -0.25) is 9.59 Å². The van der Waals surface area contributed by atoms with Crippen LogP contribution in [-0.4, -0.2) is 50.7 Å². The number of anilines is 1. The molecule has 0 spiro atoms. The molecule has 1 aromatic heterocycles. The Bertz CT molecular complexity index is 720. The van der Waals surface area contributed by atoms with E-state index in [9.17, 15) is 14.4 Å². The summed E-state index contributed by atoms with van der Waals surface area (Å²) in [7, 11) is 0. The maximum Gasteiger partial charge on any atom is 0.341 e. The number of likely N-dealkylation sites (tertiary alicyclic amines) is 1. The Hall–Kier alpha value is -1.93. The van der Waals surface area contributed by atoms with Crippen molar-refractivity contribution in [3.8, 4) is 0 Å². The average Bonchev–Trinajstić information content (AvgIpc) is 3.43. The van der Waals surface area contributed by atoms with E-state index in [0.717, 1.165) is 49.2 Å². The van der Waals surface area contributed by atoms with Gasteiger partial charge in [-0.2, -0.15) is 0 Å². The topological polar surface area (TPSA) is 86.1 Å². The van der Waals surface area contributed by atoms with Crippen molar-refractivity contribution in [1.82, 2.24) is 0 Å². The van der Waals surface area contributed by atoms with Gasteiger partial charge in [0, 0.05) is 12.8 Å². The zero-order valence-corrected chi connectivity index (χ0v) is 17.4. The van der Waals surface area contributed by atoms with Crippen LogP contribution in [0.25, 0.3) is 0 Å². The van der Waals surface area contributed by atoms with Gasteiger partial charge in [0.25, 0.3) is 5.91 Å². The van der Waals surface area contributed by atoms with Crippen LogP contribution < -0.4 is 10.2 Å². The average molecular weight is 410 g/mol. The molecule has 1 saturated heterocycles. The molecule has 8 heteroatoms. The van der Waals surface area contributed by atoms with Crippen LogP contribution in [0, 0.1) is 5.92 Å². The molecule has 1 amide bonds. The molecule has 2 N–H and O–H groups in total. The van der Waals surface area contributed by atoms with Crippen LogP contribution in [0.4, 0.5) is 5.00 Å². The number of carbonyl (C=O) groups is 3. The lowest BCUT2D eigenvalue weighted by atomic mass is 9.97. The largest absolute Gasteiger partial charge is 0.466 e. The van der Waals surface area contributed by atoms with E-state index in [-0.39, 0.29) is 23.8 Å². The van der Waals surface area contributed by atoms with Gasteiger partial charge in [0.1, 0.15) is 5.00 Å². The Balaban J connectivity index is 1.55. The van der Waals surface area contributed by atoms with Crippen LogP contribution in [0.2, 0.25) is 0 Å². The molecule has 1 aromatic rings. The van der Waals surface area contributed by atoms with Crippen LogP contribution >= 0.6 is 11.3 Å². The first-order valence-electron chi connectivity index (χ1n) is 10.1. The summed E-state index contributed by atoms with van der Waals surface area (Å²) in [5.74, 6) is -0.242. The molecule has 154 valence electrons. The lowest BCUT2D eigenvalue weighted by molar-refractivity contribution is -0.897. The molecule has 0 aromatic carbocycles. The minimum absolute atomic E-state index is 0.0550. The second-order valence-corrected chi connectivity index (χ2v) is 8.27. The molecule has 1 saturated carbocycles. The summed E-state index contributed by atoms with van der Waals surface area (Å²) >= 11 is 1.40. The highest BCUT2D eigenvalue weighted by molar-refractivity contribution is 7.15. The summed E-state index contributed by atoms with van der Waals surface area (Å²) in [5.41, 5.74) is 1.53. The lowest BCUT2D eigenvalue weighted by Gasteiger charge is -2.27. The van der Waals surface area contributed by atoms with Gasteiger partial charge in [0.15, 0.2) is 6.54 Å². The van der Waals surface area contributed by atoms with Crippen molar-refractivity contribution in [2.75, 3.05) is 38.2 Å². The van der Waals surface area contributed by atoms with Gasteiger partial charge in [0.2, 0.25) is 0 Å². The molecule has 28 heavy (non-hydrogen) atoms. The molecule has 0 unspecified atom stereocenters. The van der Waals surface area contributed by atoms with Crippen LogP contribution in [-0.2, 0) is 19.1 Å². The third-order valence-electron chi connectivity index (χ3n) is 5.29. The molecule has 1 aliphatic carbocycles. The minimum Gasteiger partial charge on any atom is -0.466 e. The van der Waals surface area contributed by atoms with Gasteiger partial charge in [0.05, 0.1) is 37.8 Å². The van der Waals surface area contributed by atoms with Gasteiger partial charge in [-0.25, -0.2) is 4.79 Å². The summed E-state index contributed by atoms with van der Waals surface area (Å²) in [4.78, 5) is 37.9. The molecule has 2 fully saturated rings. The molecule has 2 aliphatic rings. The quantitative estimate of drug-likeness (QED) is 0.637. The summed E-state index contributed by atoms with van der Waals surface area (Å²) < 4.78 is 10.3. The molecule has 2 heterocycles. The highest BCUT2D eigenvalue weighted by Crippen LogP contribution is 2.46. The number of nitrogens with one attached hydrogen (secondary N) is 2. The number of carbonyl (C=O) groups excluding carboxylic acids is 3. The predicted molar refractivity (Wildman–Crippen MR) is 106 cm³/mol. The van der Waals surface area contributed by atoms with Crippen LogP contribution in [0.15, 0.2) is 5.38 Å². The molecule has 0 atom stereocenters. The van der Waals surface area contributed by atoms with Crippen LogP contribution in [0.5, 0.6) is 0 Å². The summed E-state index contributed by atoms with van der Waals surface area (Å²) in [6.45, 7) is 6.16. The molecule has 0 bridgehead atoms.